The number of halogens is 3. The zero-order valence-electron chi connectivity index (χ0n) is 10.6. The molecule has 106 valence electrons. The van der Waals surface area contributed by atoms with Gasteiger partial charge in [0.2, 0.25) is 5.88 Å². The largest absolute Gasteiger partial charge is 0.367 e. The Kier molecular flexibility index (Phi) is 3.93. The number of hydrogen-bond donors (Lipinski definition) is 1. The van der Waals surface area contributed by atoms with E-state index in [9.17, 15) is 0 Å². The average molecular weight is 384 g/mol. The van der Waals surface area contributed by atoms with E-state index in [4.69, 9.17) is 33.5 Å². The lowest BCUT2D eigenvalue weighted by Crippen LogP contribution is -1.89. The molecule has 0 aliphatic rings. The van der Waals surface area contributed by atoms with Crippen LogP contribution in [0.5, 0.6) is 0 Å². The molecule has 0 fully saturated rings. The SMILES string of the molecule is Nc1onc(-c2cccc(Cl)c2Cl)c1-c1ccccc1Br. The van der Waals surface area contributed by atoms with Crippen molar-refractivity contribution in [3.8, 4) is 22.4 Å². The van der Waals surface area contributed by atoms with Crippen molar-refractivity contribution in [1.82, 2.24) is 5.16 Å². The molecule has 6 heteroatoms. The van der Waals surface area contributed by atoms with Gasteiger partial charge in [-0.05, 0) is 12.1 Å². The molecule has 0 bridgehead atoms. The van der Waals surface area contributed by atoms with Gasteiger partial charge in [0.15, 0.2) is 0 Å². The summed E-state index contributed by atoms with van der Waals surface area (Å²) in [6.07, 6.45) is 0. The van der Waals surface area contributed by atoms with Crippen LogP contribution in [0.4, 0.5) is 5.88 Å². The van der Waals surface area contributed by atoms with E-state index in [0.717, 1.165) is 10.0 Å². The summed E-state index contributed by atoms with van der Waals surface area (Å²) in [5.41, 5.74) is 8.74. The summed E-state index contributed by atoms with van der Waals surface area (Å²) in [5.74, 6) is 0.230. The number of aromatic nitrogens is 1. The van der Waals surface area contributed by atoms with Gasteiger partial charge in [-0.2, -0.15) is 0 Å². The van der Waals surface area contributed by atoms with Crippen LogP contribution in [0, 0.1) is 0 Å². The molecule has 2 aromatic carbocycles. The number of nitrogens with two attached hydrogens (primary N) is 1. The first-order valence-corrected chi connectivity index (χ1v) is 7.59. The Morgan fingerprint density at radius 1 is 1.00 bits per heavy atom. The van der Waals surface area contributed by atoms with Crippen molar-refractivity contribution in [1.29, 1.82) is 0 Å². The predicted molar refractivity (Wildman–Crippen MR) is 89.5 cm³/mol. The molecule has 3 aromatic rings. The summed E-state index contributed by atoms with van der Waals surface area (Å²) in [4.78, 5) is 0. The normalized spacial score (nSPS) is 10.8. The first kappa shape index (κ1) is 14.4. The standard InChI is InChI=1S/C15H9BrCl2N2O/c16-10-6-2-1-4-8(10)12-14(20-21-15(12)19)9-5-3-7-11(17)13(9)18/h1-7H,19H2. The monoisotopic (exact) mass is 382 g/mol. The number of rotatable bonds is 2. The smallest absolute Gasteiger partial charge is 0.230 e. The highest BCUT2D eigenvalue weighted by molar-refractivity contribution is 9.10. The Morgan fingerprint density at radius 3 is 2.48 bits per heavy atom. The van der Waals surface area contributed by atoms with Crippen molar-refractivity contribution in [3.63, 3.8) is 0 Å². The lowest BCUT2D eigenvalue weighted by molar-refractivity contribution is 0.439. The van der Waals surface area contributed by atoms with Gasteiger partial charge < -0.3 is 10.3 Å². The molecule has 3 nitrogen and oxygen atoms in total. The van der Waals surface area contributed by atoms with E-state index < -0.39 is 0 Å². The molecule has 0 aliphatic heterocycles. The third-order valence-corrected chi connectivity index (χ3v) is 4.58. The zero-order valence-corrected chi connectivity index (χ0v) is 13.7. The molecule has 0 spiro atoms. The molecule has 0 radical (unpaired) electrons. The maximum absolute atomic E-state index is 6.27. The summed E-state index contributed by atoms with van der Waals surface area (Å²) < 4.78 is 6.05. The van der Waals surface area contributed by atoms with E-state index >= 15 is 0 Å². The van der Waals surface area contributed by atoms with Crippen molar-refractivity contribution in [2.75, 3.05) is 5.73 Å². The fraction of sp³-hybridized carbons (Fsp3) is 0. The van der Waals surface area contributed by atoms with E-state index in [2.05, 4.69) is 21.1 Å². The van der Waals surface area contributed by atoms with Crippen LogP contribution < -0.4 is 5.73 Å². The third kappa shape index (κ3) is 2.55. The summed E-state index contributed by atoms with van der Waals surface area (Å²) >= 11 is 15.8. The van der Waals surface area contributed by atoms with Crippen molar-refractivity contribution in [2.45, 2.75) is 0 Å². The minimum Gasteiger partial charge on any atom is -0.367 e. The van der Waals surface area contributed by atoms with Gasteiger partial charge in [0.25, 0.3) is 0 Å². The van der Waals surface area contributed by atoms with Gasteiger partial charge in [-0.3, -0.25) is 0 Å². The van der Waals surface area contributed by atoms with Gasteiger partial charge in [0, 0.05) is 15.6 Å². The van der Waals surface area contributed by atoms with Crippen LogP contribution in [0.15, 0.2) is 51.5 Å². The molecular formula is C15H9BrCl2N2O. The molecule has 0 saturated heterocycles. The van der Waals surface area contributed by atoms with E-state index in [-0.39, 0.29) is 5.88 Å². The van der Waals surface area contributed by atoms with Crippen LogP contribution in [0.1, 0.15) is 0 Å². The fourth-order valence-electron chi connectivity index (χ4n) is 2.10. The topological polar surface area (TPSA) is 52.0 Å². The first-order valence-electron chi connectivity index (χ1n) is 6.04. The molecule has 2 N–H and O–H groups in total. The summed E-state index contributed by atoms with van der Waals surface area (Å²) in [6, 6.07) is 13.0. The van der Waals surface area contributed by atoms with Crippen LogP contribution >= 0.6 is 39.1 Å². The molecule has 0 unspecified atom stereocenters. The fourth-order valence-corrected chi connectivity index (χ4v) is 2.97. The van der Waals surface area contributed by atoms with E-state index in [1.165, 1.54) is 0 Å². The van der Waals surface area contributed by atoms with Crippen molar-refractivity contribution >= 4 is 45.0 Å². The Balaban J connectivity index is 2.28. The van der Waals surface area contributed by atoms with Crippen LogP contribution in [-0.2, 0) is 0 Å². The second-order valence-corrected chi connectivity index (χ2v) is 5.99. The molecule has 1 heterocycles. The number of nitrogens with zero attached hydrogens (tertiary/aromatic N) is 1. The van der Waals surface area contributed by atoms with Gasteiger partial charge in [-0.25, -0.2) is 0 Å². The number of hydrogen-bond acceptors (Lipinski definition) is 3. The molecule has 3 rings (SSSR count). The summed E-state index contributed by atoms with van der Waals surface area (Å²) in [5, 5.41) is 4.91. The molecule has 21 heavy (non-hydrogen) atoms. The lowest BCUT2D eigenvalue weighted by Gasteiger charge is -2.07. The Hall–Kier alpha value is -1.49. The second-order valence-electron chi connectivity index (χ2n) is 4.35. The number of anilines is 1. The molecule has 0 saturated carbocycles. The summed E-state index contributed by atoms with van der Waals surface area (Å²) in [7, 11) is 0. The second kappa shape index (κ2) is 5.72. The Bertz CT molecular complexity index is 817. The van der Waals surface area contributed by atoms with Crippen molar-refractivity contribution < 1.29 is 4.52 Å². The van der Waals surface area contributed by atoms with E-state index in [1.54, 1.807) is 12.1 Å². The quantitative estimate of drug-likeness (QED) is 0.621. The van der Waals surface area contributed by atoms with Gasteiger partial charge >= 0.3 is 0 Å². The number of nitrogen functional groups attached to an aromatic ring is 1. The van der Waals surface area contributed by atoms with Gasteiger partial charge in [-0.1, -0.05) is 74.6 Å². The van der Waals surface area contributed by atoms with Crippen molar-refractivity contribution in [2.24, 2.45) is 0 Å². The average Bonchev–Trinajstić information content (AvgIpc) is 2.84. The van der Waals surface area contributed by atoms with E-state index in [0.29, 0.717) is 26.9 Å². The Morgan fingerprint density at radius 2 is 1.71 bits per heavy atom. The maximum Gasteiger partial charge on any atom is 0.230 e. The molecule has 1 aromatic heterocycles. The highest BCUT2D eigenvalue weighted by atomic mass is 79.9. The van der Waals surface area contributed by atoms with Gasteiger partial charge in [-0.15, -0.1) is 0 Å². The van der Waals surface area contributed by atoms with Gasteiger partial charge in [0.1, 0.15) is 5.69 Å². The van der Waals surface area contributed by atoms with Crippen LogP contribution in [0.2, 0.25) is 10.0 Å². The van der Waals surface area contributed by atoms with Crippen LogP contribution in [-0.4, -0.2) is 5.16 Å². The zero-order chi connectivity index (χ0) is 15.0. The van der Waals surface area contributed by atoms with Gasteiger partial charge in [0.05, 0.1) is 15.6 Å². The molecule has 0 atom stereocenters. The highest BCUT2D eigenvalue weighted by Crippen LogP contribution is 2.42. The molecule has 0 aliphatic carbocycles. The molecule has 0 amide bonds. The highest BCUT2D eigenvalue weighted by Gasteiger charge is 2.21. The third-order valence-electron chi connectivity index (χ3n) is 3.07. The van der Waals surface area contributed by atoms with Crippen LogP contribution in [0.25, 0.3) is 22.4 Å². The Labute approximate surface area is 139 Å². The molecular weight excluding hydrogens is 375 g/mol. The maximum atomic E-state index is 6.27. The lowest BCUT2D eigenvalue weighted by atomic mass is 10.0. The van der Waals surface area contributed by atoms with E-state index in [1.807, 2.05) is 30.3 Å². The predicted octanol–water partition coefficient (Wildman–Crippen LogP) is 5.66. The van der Waals surface area contributed by atoms with Crippen molar-refractivity contribution in [3.05, 3.63) is 57.0 Å². The minimum atomic E-state index is 0.230. The number of benzene rings is 2. The first-order chi connectivity index (χ1) is 10.1. The van der Waals surface area contributed by atoms with Crippen LogP contribution in [0.3, 0.4) is 0 Å². The minimum absolute atomic E-state index is 0.230. The summed E-state index contributed by atoms with van der Waals surface area (Å²) in [6.45, 7) is 0.